The third-order valence-corrected chi connectivity index (χ3v) is 2.60. The maximum absolute atomic E-state index is 11.4. The minimum absolute atomic E-state index is 0.0897. The molecule has 0 atom stereocenters. The second-order valence-corrected chi connectivity index (χ2v) is 4.01. The van der Waals surface area contributed by atoms with Gasteiger partial charge in [-0.2, -0.15) is 0 Å². The third kappa shape index (κ3) is 2.41. The molecule has 0 bridgehead atoms. The summed E-state index contributed by atoms with van der Waals surface area (Å²) in [7, 11) is 1.51. The second kappa shape index (κ2) is 5.01. The van der Waals surface area contributed by atoms with Gasteiger partial charge in [-0.3, -0.25) is 4.79 Å². The fraction of sp³-hybridized carbons (Fsp3) is 0.0833. The zero-order chi connectivity index (χ0) is 13.1. The van der Waals surface area contributed by atoms with Gasteiger partial charge in [0.25, 0.3) is 5.91 Å². The number of carbonyl (C=O) groups excluding carboxylic acids is 1. The van der Waals surface area contributed by atoms with E-state index in [-0.39, 0.29) is 17.4 Å². The van der Waals surface area contributed by atoms with E-state index >= 15 is 0 Å². The van der Waals surface area contributed by atoms with E-state index in [1.807, 2.05) is 12.1 Å². The lowest BCUT2D eigenvalue weighted by atomic mass is 10.1. The van der Waals surface area contributed by atoms with Crippen molar-refractivity contribution in [2.24, 2.45) is 0 Å². The van der Waals surface area contributed by atoms with E-state index in [4.69, 9.17) is 17.3 Å². The van der Waals surface area contributed by atoms with Crippen molar-refractivity contribution >= 4 is 23.3 Å². The minimum Gasteiger partial charge on any atom is -0.382 e. The Labute approximate surface area is 109 Å². The van der Waals surface area contributed by atoms with Crippen LogP contribution in [0, 0.1) is 0 Å². The number of hydrogen-bond donors (Lipinski definition) is 2. The number of nitrogen functional groups attached to an aromatic ring is 1. The Hall–Kier alpha value is -2.14. The average molecular weight is 263 g/mol. The number of nitrogens with one attached hydrogen (secondary N) is 1. The van der Waals surface area contributed by atoms with Crippen LogP contribution >= 0.6 is 11.6 Å². The highest BCUT2D eigenvalue weighted by Gasteiger charge is 2.12. The number of nitrogens with zero attached hydrogens (tertiary/aromatic N) is 2. The predicted molar refractivity (Wildman–Crippen MR) is 70.3 cm³/mol. The lowest BCUT2D eigenvalue weighted by Crippen LogP contribution is -2.21. The maximum Gasteiger partial charge on any atom is 0.273 e. The van der Waals surface area contributed by atoms with E-state index in [1.54, 1.807) is 12.1 Å². The molecule has 0 aliphatic heterocycles. The Kier molecular flexibility index (Phi) is 3.43. The quantitative estimate of drug-likeness (QED) is 0.864. The number of hydrogen-bond acceptors (Lipinski definition) is 4. The molecule has 2 rings (SSSR count). The lowest BCUT2D eigenvalue weighted by Gasteiger charge is -2.05. The molecule has 2 aromatic rings. The number of carbonyl (C=O) groups is 1. The Bertz CT molecular complexity index is 600. The zero-order valence-corrected chi connectivity index (χ0v) is 10.4. The molecule has 0 saturated carbocycles. The molecule has 1 heterocycles. The van der Waals surface area contributed by atoms with Gasteiger partial charge in [0.15, 0.2) is 11.5 Å². The van der Waals surface area contributed by atoms with E-state index in [2.05, 4.69) is 15.3 Å². The van der Waals surface area contributed by atoms with Crippen LogP contribution in [0.1, 0.15) is 10.5 Å². The minimum atomic E-state index is -0.363. The van der Waals surface area contributed by atoms with Gasteiger partial charge >= 0.3 is 0 Å². The van der Waals surface area contributed by atoms with Gasteiger partial charge in [0, 0.05) is 17.6 Å². The van der Waals surface area contributed by atoms with Crippen LogP contribution in [0.5, 0.6) is 0 Å². The number of anilines is 1. The smallest absolute Gasteiger partial charge is 0.273 e. The first kappa shape index (κ1) is 12.3. The monoisotopic (exact) mass is 262 g/mol. The number of benzene rings is 1. The zero-order valence-electron chi connectivity index (χ0n) is 9.64. The van der Waals surface area contributed by atoms with Crippen LogP contribution in [0.15, 0.2) is 30.5 Å². The summed E-state index contributed by atoms with van der Waals surface area (Å²) in [4.78, 5) is 19.6. The number of nitrogens with two attached hydrogens (primary N) is 1. The van der Waals surface area contributed by atoms with Gasteiger partial charge in [0.2, 0.25) is 0 Å². The first-order valence-electron chi connectivity index (χ1n) is 5.22. The third-order valence-electron chi connectivity index (χ3n) is 2.36. The van der Waals surface area contributed by atoms with Crippen molar-refractivity contribution in [3.8, 4) is 11.3 Å². The summed E-state index contributed by atoms with van der Waals surface area (Å²) in [5, 5.41) is 3.05. The normalized spacial score (nSPS) is 10.1. The average Bonchev–Trinajstić information content (AvgIpc) is 2.37. The fourth-order valence-corrected chi connectivity index (χ4v) is 1.67. The van der Waals surface area contributed by atoms with Crippen LogP contribution < -0.4 is 11.1 Å². The molecule has 0 unspecified atom stereocenters. The standard InChI is InChI=1S/C12H11ClN4O/c1-15-12(18)10-11(14)17-9(6-16-10)7-3-2-4-8(13)5-7/h2-6H,1H3,(H2,14,17)(H,15,18). The first-order valence-corrected chi connectivity index (χ1v) is 5.60. The van der Waals surface area contributed by atoms with Gasteiger partial charge in [-0.25, -0.2) is 9.97 Å². The van der Waals surface area contributed by atoms with Gasteiger partial charge in [0.05, 0.1) is 11.9 Å². The first-order chi connectivity index (χ1) is 8.61. The van der Waals surface area contributed by atoms with Crippen molar-refractivity contribution in [2.45, 2.75) is 0 Å². The van der Waals surface area contributed by atoms with Crippen molar-refractivity contribution in [3.63, 3.8) is 0 Å². The van der Waals surface area contributed by atoms with Gasteiger partial charge in [-0.15, -0.1) is 0 Å². The highest BCUT2D eigenvalue weighted by Crippen LogP contribution is 2.21. The molecule has 92 valence electrons. The van der Waals surface area contributed by atoms with Crippen LogP contribution in [-0.4, -0.2) is 22.9 Å². The number of aromatic nitrogens is 2. The Balaban J connectivity index is 2.43. The number of rotatable bonds is 2. The molecule has 1 aromatic carbocycles. The summed E-state index contributed by atoms with van der Waals surface area (Å²) in [6.07, 6.45) is 1.49. The van der Waals surface area contributed by atoms with Crippen molar-refractivity contribution in [1.29, 1.82) is 0 Å². The molecule has 0 aliphatic carbocycles. The summed E-state index contributed by atoms with van der Waals surface area (Å²) in [6.45, 7) is 0. The maximum atomic E-state index is 11.4. The van der Waals surface area contributed by atoms with Gasteiger partial charge in [-0.1, -0.05) is 23.7 Å². The highest BCUT2D eigenvalue weighted by atomic mass is 35.5. The second-order valence-electron chi connectivity index (χ2n) is 3.58. The van der Waals surface area contributed by atoms with Crippen LogP contribution in [0.2, 0.25) is 5.02 Å². The molecular weight excluding hydrogens is 252 g/mol. The highest BCUT2D eigenvalue weighted by molar-refractivity contribution is 6.30. The molecule has 0 saturated heterocycles. The Morgan fingerprint density at radius 1 is 1.44 bits per heavy atom. The van der Waals surface area contributed by atoms with Gasteiger partial charge < -0.3 is 11.1 Å². The van der Waals surface area contributed by atoms with Gasteiger partial charge in [0.1, 0.15) is 0 Å². The SMILES string of the molecule is CNC(=O)c1ncc(-c2cccc(Cl)c2)nc1N. The summed E-state index contributed by atoms with van der Waals surface area (Å²) in [5.74, 6) is -0.274. The Morgan fingerprint density at radius 3 is 2.83 bits per heavy atom. The van der Waals surface area contributed by atoms with E-state index in [1.165, 1.54) is 13.2 Å². The molecule has 1 aromatic heterocycles. The van der Waals surface area contributed by atoms with Crippen molar-refractivity contribution in [2.75, 3.05) is 12.8 Å². The van der Waals surface area contributed by atoms with Crippen LogP contribution in [-0.2, 0) is 0 Å². The van der Waals surface area contributed by atoms with Gasteiger partial charge in [-0.05, 0) is 12.1 Å². The Morgan fingerprint density at radius 2 is 2.22 bits per heavy atom. The van der Waals surface area contributed by atoms with Crippen molar-refractivity contribution in [1.82, 2.24) is 15.3 Å². The summed E-state index contributed by atoms with van der Waals surface area (Å²) < 4.78 is 0. The van der Waals surface area contributed by atoms with Crippen molar-refractivity contribution in [3.05, 3.63) is 41.2 Å². The molecule has 18 heavy (non-hydrogen) atoms. The van der Waals surface area contributed by atoms with Crippen molar-refractivity contribution < 1.29 is 4.79 Å². The summed E-state index contributed by atoms with van der Waals surface area (Å²) >= 11 is 5.90. The number of halogens is 1. The molecule has 0 aliphatic rings. The molecule has 1 amide bonds. The summed E-state index contributed by atoms with van der Waals surface area (Å²) in [5.41, 5.74) is 7.19. The van der Waals surface area contributed by atoms with Crippen LogP contribution in [0.25, 0.3) is 11.3 Å². The lowest BCUT2D eigenvalue weighted by molar-refractivity contribution is 0.0959. The largest absolute Gasteiger partial charge is 0.382 e. The number of amides is 1. The molecule has 0 radical (unpaired) electrons. The molecule has 0 spiro atoms. The molecule has 6 heteroatoms. The van der Waals surface area contributed by atoms with E-state index in [0.29, 0.717) is 10.7 Å². The molecular formula is C12H11ClN4O. The van der Waals surface area contributed by atoms with Crippen LogP contribution in [0.4, 0.5) is 5.82 Å². The topological polar surface area (TPSA) is 80.9 Å². The van der Waals surface area contributed by atoms with E-state index < -0.39 is 0 Å². The van der Waals surface area contributed by atoms with Crippen LogP contribution in [0.3, 0.4) is 0 Å². The van der Waals surface area contributed by atoms with E-state index in [9.17, 15) is 4.79 Å². The predicted octanol–water partition coefficient (Wildman–Crippen LogP) is 1.74. The molecule has 3 N–H and O–H groups in total. The molecule has 5 nitrogen and oxygen atoms in total. The fourth-order valence-electron chi connectivity index (χ4n) is 1.48. The van der Waals surface area contributed by atoms with E-state index in [0.717, 1.165) is 5.56 Å². The summed E-state index contributed by atoms with van der Waals surface area (Å²) in [6, 6.07) is 7.17. The molecule has 0 fully saturated rings.